The van der Waals surface area contributed by atoms with Crippen LogP contribution in [0.1, 0.15) is 26.2 Å². The third kappa shape index (κ3) is 4.51. The third-order valence-electron chi connectivity index (χ3n) is 3.68. The lowest BCUT2D eigenvalue weighted by Crippen LogP contribution is -2.35. The normalized spacial score (nSPS) is 17.4. The SMILES string of the molecule is CC1CCN(CCC(=O)Nc2ccccc2Cl)CC1. The number of amides is 1. The molecule has 1 saturated heterocycles. The molecular weight excluding hydrogens is 260 g/mol. The van der Waals surface area contributed by atoms with Gasteiger partial charge in [0.15, 0.2) is 0 Å². The summed E-state index contributed by atoms with van der Waals surface area (Å²) in [5, 5.41) is 3.45. The van der Waals surface area contributed by atoms with Gasteiger partial charge in [0.25, 0.3) is 0 Å². The summed E-state index contributed by atoms with van der Waals surface area (Å²) in [6, 6.07) is 7.33. The lowest BCUT2D eigenvalue weighted by atomic mass is 9.99. The molecular formula is C15H21ClN2O. The number of hydrogen-bond donors (Lipinski definition) is 1. The van der Waals surface area contributed by atoms with Gasteiger partial charge >= 0.3 is 0 Å². The van der Waals surface area contributed by atoms with Crippen molar-refractivity contribution in [2.75, 3.05) is 25.0 Å². The number of hydrogen-bond acceptors (Lipinski definition) is 2. The Morgan fingerprint density at radius 1 is 1.37 bits per heavy atom. The maximum absolute atomic E-state index is 11.9. The lowest BCUT2D eigenvalue weighted by molar-refractivity contribution is -0.116. The minimum absolute atomic E-state index is 0.0340. The molecule has 0 radical (unpaired) electrons. The number of piperidine rings is 1. The van der Waals surface area contributed by atoms with Gasteiger partial charge in [-0.1, -0.05) is 30.7 Å². The summed E-state index contributed by atoms with van der Waals surface area (Å²) in [6.07, 6.45) is 3.01. The average molecular weight is 281 g/mol. The Kier molecular flexibility index (Phi) is 5.23. The van der Waals surface area contributed by atoms with E-state index in [1.54, 1.807) is 6.07 Å². The van der Waals surface area contributed by atoms with Crippen LogP contribution in [0.15, 0.2) is 24.3 Å². The quantitative estimate of drug-likeness (QED) is 0.917. The second-order valence-electron chi connectivity index (χ2n) is 5.30. The molecule has 2 rings (SSSR count). The van der Waals surface area contributed by atoms with Gasteiger partial charge in [-0.2, -0.15) is 0 Å². The monoisotopic (exact) mass is 280 g/mol. The van der Waals surface area contributed by atoms with Crippen LogP contribution in [0.25, 0.3) is 0 Å². The molecule has 0 aromatic heterocycles. The van der Waals surface area contributed by atoms with Crippen molar-refractivity contribution in [2.45, 2.75) is 26.2 Å². The topological polar surface area (TPSA) is 32.3 Å². The van der Waals surface area contributed by atoms with Gasteiger partial charge in [-0.25, -0.2) is 0 Å². The third-order valence-corrected chi connectivity index (χ3v) is 4.01. The molecule has 104 valence electrons. The van der Waals surface area contributed by atoms with E-state index in [1.165, 1.54) is 12.8 Å². The first-order valence-corrected chi connectivity index (χ1v) is 7.29. The number of anilines is 1. The van der Waals surface area contributed by atoms with Crippen molar-refractivity contribution >= 4 is 23.2 Å². The van der Waals surface area contributed by atoms with E-state index in [0.717, 1.165) is 25.6 Å². The molecule has 1 amide bonds. The molecule has 0 aliphatic carbocycles. The predicted molar refractivity (Wildman–Crippen MR) is 79.5 cm³/mol. The van der Waals surface area contributed by atoms with Gasteiger partial charge in [-0.05, 0) is 44.0 Å². The number of likely N-dealkylation sites (tertiary alicyclic amines) is 1. The molecule has 1 heterocycles. The fraction of sp³-hybridized carbons (Fsp3) is 0.533. The summed E-state index contributed by atoms with van der Waals surface area (Å²) in [5.41, 5.74) is 0.696. The molecule has 1 aliphatic heterocycles. The second-order valence-corrected chi connectivity index (χ2v) is 5.71. The highest BCUT2D eigenvalue weighted by atomic mass is 35.5. The standard InChI is InChI=1S/C15H21ClN2O/c1-12-6-9-18(10-7-12)11-8-15(19)17-14-5-3-2-4-13(14)16/h2-5,12H,6-11H2,1H3,(H,17,19). The summed E-state index contributed by atoms with van der Waals surface area (Å²) in [5.74, 6) is 0.861. The number of carbonyl (C=O) groups excluding carboxylic acids is 1. The van der Waals surface area contributed by atoms with E-state index in [2.05, 4.69) is 17.1 Å². The van der Waals surface area contributed by atoms with Crippen LogP contribution in [0.5, 0.6) is 0 Å². The fourth-order valence-electron chi connectivity index (χ4n) is 2.32. The van der Waals surface area contributed by atoms with Crippen LogP contribution >= 0.6 is 11.6 Å². The van der Waals surface area contributed by atoms with Crippen molar-refractivity contribution in [3.05, 3.63) is 29.3 Å². The second kappa shape index (κ2) is 6.92. The molecule has 1 aromatic carbocycles. The van der Waals surface area contributed by atoms with Crippen molar-refractivity contribution in [2.24, 2.45) is 5.92 Å². The number of nitrogens with one attached hydrogen (secondary N) is 1. The Balaban J connectivity index is 1.74. The van der Waals surface area contributed by atoms with Gasteiger partial charge in [-0.15, -0.1) is 0 Å². The van der Waals surface area contributed by atoms with E-state index in [-0.39, 0.29) is 5.91 Å². The van der Waals surface area contributed by atoms with E-state index in [0.29, 0.717) is 17.1 Å². The predicted octanol–water partition coefficient (Wildman–Crippen LogP) is 3.40. The van der Waals surface area contributed by atoms with Gasteiger partial charge < -0.3 is 10.2 Å². The van der Waals surface area contributed by atoms with Gasteiger partial charge in [0.05, 0.1) is 10.7 Å². The summed E-state index contributed by atoms with van der Waals surface area (Å²) in [6.45, 7) is 5.35. The molecule has 4 heteroatoms. The molecule has 0 spiro atoms. The van der Waals surface area contributed by atoms with E-state index in [9.17, 15) is 4.79 Å². The van der Waals surface area contributed by atoms with Crippen LogP contribution in [0.2, 0.25) is 5.02 Å². The summed E-state index contributed by atoms with van der Waals surface area (Å²) in [4.78, 5) is 14.2. The van der Waals surface area contributed by atoms with Crippen molar-refractivity contribution in [1.29, 1.82) is 0 Å². The molecule has 1 N–H and O–H groups in total. The van der Waals surface area contributed by atoms with Crippen LogP contribution < -0.4 is 5.32 Å². The van der Waals surface area contributed by atoms with Crippen molar-refractivity contribution in [1.82, 2.24) is 4.90 Å². The number of para-hydroxylation sites is 1. The Morgan fingerprint density at radius 2 is 2.05 bits per heavy atom. The van der Waals surface area contributed by atoms with Crippen LogP contribution in [-0.4, -0.2) is 30.4 Å². The summed E-state index contributed by atoms with van der Waals surface area (Å²) < 4.78 is 0. The first kappa shape index (κ1) is 14.4. The van der Waals surface area contributed by atoms with Gasteiger partial charge in [0.1, 0.15) is 0 Å². The molecule has 19 heavy (non-hydrogen) atoms. The largest absolute Gasteiger partial charge is 0.325 e. The Bertz CT molecular complexity index is 428. The first-order chi connectivity index (χ1) is 9.15. The minimum atomic E-state index is 0.0340. The van der Waals surface area contributed by atoms with Crippen LogP contribution in [0, 0.1) is 5.92 Å². The van der Waals surface area contributed by atoms with E-state index in [4.69, 9.17) is 11.6 Å². The average Bonchev–Trinajstić information content (AvgIpc) is 2.41. The first-order valence-electron chi connectivity index (χ1n) is 6.92. The molecule has 0 atom stereocenters. The van der Waals surface area contributed by atoms with Crippen LogP contribution in [0.3, 0.4) is 0 Å². The Labute approximate surface area is 119 Å². The van der Waals surface area contributed by atoms with Crippen molar-refractivity contribution in [3.63, 3.8) is 0 Å². The van der Waals surface area contributed by atoms with Gasteiger partial charge in [-0.3, -0.25) is 4.79 Å². The van der Waals surface area contributed by atoms with Crippen molar-refractivity contribution < 1.29 is 4.79 Å². The number of nitrogens with zero attached hydrogens (tertiary/aromatic N) is 1. The summed E-state index contributed by atoms with van der Waals surface area (Å²) in [7, 11) is 0. The smallest absolute Gasteiger partial charge is 0.225 e. The molecule has 0 saturated carbocycles. The Morgan fingerprint density at radius 3 is 2.74 bits per heavy atom. The zero-order valence-corrected chi connectivity index (χ0v) is 12.1. The van der Waals surface area contributed by atoms with Crippen molar-refractivity contribution in [3.8, 4) is 0 Å². The van der Waals surface area contributed by atoms with Crippen LogP contribution in [0.4, 0.5) is 5.69 Å². The van der Waals surface area contributed by atoms with Gasteiger partial charge in [0.2, 0.25) is 5.91 Å². The molecule has 0 unspecified atom stereocenters. The number of halogens is 1. The highest BCUT2D eigenvalue weighted by Gasteiger charge is 2.16. The molecule has 3 nitrogen and oxygen atoms in total. The van der Waals surface area contributed by atoms with E-state index >= 15 is 0 Å². The maximum Gasteiger partial charge on any atom is 0.225 e. The highest BCUT2D eigenvalue weighted by Crippen LogP contribution is 2.21. The lowest BCUT2D eigenvalue weighted by Gasteiger charge is -2.29. The van der Waals surface area contributed by atoms with Crippen LogP contribution in [-0.2, 0) is 4.79 Å². The number of benzene rings is 1. The molecule has 1 aliphatic rings. The Hall–Kier alpha value is -1.06. The maximum atomic E-state index is 11.9. The molecule has 1 fully saturated rings. The summed E-state index contributed by atoms with van der Waals surface area (Å²) >= 11 is 6.01. The minimum Gasteiger partial charge on any atom is -0.325 e. The molecule has 1 aromatic rings. The van der Waals surface area contributed by atoms with E-state index in [1.807, 2.05) is 18.2 Å². The number of rotatable bonds is 4. The zero-order valence-electron chi connectivity index (χ0n) is 11.4. The van der Waals surface area contributed by atoms with E-state index < -0.39 is 0 Å². The zero-order chi connectivity index (χ0) is 13.7. The highest BCUT2D eigenvalue weighted by molar-refractivity contribution is 6.33. The molecule has 0 bridgehead atoms. The fourth-order valence-corrected chi connectivity index (χ4v) is 2.50. The van der Waals surface area contributed by atoms with Gasteiger partial charge in [0, 0.05) is 13.0 Å². The number of carbonyl (C=O) groups is 1.